The van der Waals surface area contributed by atoms with E-state index in [-0.39, 0.29) is 5.78 Å². The molecule has 2 aromatic rings. The largest absolute Gasteiger partial charge is 0.293 e. The molecule has 0 aliphatic carbocycles. The molecule has 0 aromatic heterocycles. The molecular weight excluding hydrogens is 260 g/mol. The second-order valence-electron chi connectivity index (χ2n) is 5.04. The summed E-state index contributed by atoms with van der Waals surface area (Å²) in [6.07, 6.45) is 0. The number of carbonyl (C=O) groups is 1. The summed E-state index contributed by atoms with van der Waals surface area (Å²) < 4.78 is 0. The van der Waals surface area contributed by atoms with Gasteiger partial charge in [-0.15, -0.1) is 0 Å². The van der Waals surface area contributed by atoms with E-state index < -0.39 is 0 Å². The van der Waals surface area contributed by atoms with Crippen molar-refractivity contribution in [2.75, 3.05) is 0 Å². The van der Waals surface area contributed by atoms with E-state index in [4.69, 9.17) is 0 Å². The monoisotopic (exact) mass is 280 g/mol. The van der Waals surface area contributed by atoms with Gasteiger partial charge >= 0.3 is 0 Å². The Morgan fingerprint density at radius 1 is 0.857 bits per heavy atom. The fourth-order valence-corrected chi connectivity index (χ4v) is 2.00. The molecule has 0 aliphatic heterocycles. The van der Waals surface area contributed by atoms with Crippen molar-refractivity contribution in [3.8, 4) is 0 Å². The standard InChI is InChI=1S/C18H20N2O/c1-15(16(2)21)19-20(13-17-9-5-3-6-10-17)14-18-11-7-4-8-12-18/h3-12H,13-14H2,1-2H3/b19-15+. The van der Waals surface area contributed by atoms with Gasteiger partial charge in [-0.25, -0.2) is 0 Å². The Labute approximate surface area is 125 Å². The van der Waals surface area contributed by atoms with E-state index in [0.29, 0.717) is 18.8 Å². The molecule has 0 unspecified atom stereocenters. The van der Waals surface area contributed by atoms with Crippen LogP contribution in [0, 0.1) is 0 Å². The maximum Gasteiger partial charge on any atom is 0.175 e. The van der Waals surface area contributed by atoms with Gasteiger partial charge in [0.1, 0.15) is 5.71 Å². The van der Waals surface area contributed by atoms with Crippen molar-refractivity contribution in [1.82, 2.24) is 5.01 Å². The van der Waals surface area contributed by atoms with Crippen molar-refractivity contribution in [2.45, 2.75) is 26.9 Å². The molecule has 0 spiro atoms. The molecule has 0 fully saturated rings. The third-order valence-corrected chi connectivity index (χ3v) is 3.22. The first-order valence-electron chi connectivity index (χ1n) is 7.04. The van der Waals surface area contributed by atoms with Crippen LogP contribution in [-0.4, -0.2) is 16.5 Å². The molecule has 3 heteroatoms. The van der Waals surface area contributed by atoms with Gasteiger partial charge in [0.15, 0.2) is 5.78 Å². The predicted molar refractivity (Wildman–Crippen MR) is 85.9 cm³/mol. The summed E-state index contributed by atoms with van der Waals surface area (Å²) in [7, 11) is 0. The lowest BCUT2D eigenvalue weighted by Crippen LogP contribution is -2.20. The summed E-state index contributed by atoms with van der Waals surface area (Å²) in [5.41, 5.74) is 2.88. The molecule has 0 saturated heterocycles. The second-order valence-corrected chi connectivity index (χ2v) is 5.04. The van der Waals surface area contributed by atoms with Crippen molar-refractivity contribution in [2.24, 2.45) is 5.10 Å². The molecule has 3 nitrogen and oxygen atoms in total. The van der Waals surface area contributed by atoms with Crippen molar-refractivity contribution >= 4 is 11.5 Å². The van der Waals surface area contributed by atoms with Gasteiger partial charge in [-0.2, -0.15) is 5.10 Å². The van der Waals surface area contributed by atoms with Gasteiger partial charge in [0, 0.05) is 6.92 Å². The van der Waals surface area contributed by atoms with Crippen LogP contribution < -0.4 is 0 Å². The first-order chi connectivity index (χ1) is 10.1. The summed E-state index contributed by atoms with van der Waals surface area (Å²) in [6.45, 7) is 4.66. The highest BCUT2D eigenvalue weighted by Crippen LogP contribution is 2.10. The number of hydrazone groups is 1. The van der Waals surface area contributed by atoms with Crippen LogP contribution in [0.15, 0.2) is 65.8 Å². The number of carbonyl (C=O) groups excluding carboxylic acids is 1. The normalized spacial score (nSPS) is 11.2. The molecule has 0 heterocycles. The molecule has 2 rings (SSSR count). The minimum absolute atomic E-state index is 0.00104. The van der Waals surface area contributed by atoms with Crippen LogP contribution in [0.1, 0.15) is 25.0 Å². The SMILES string of the molecule is CC(=O)/C(C)=N/N(Cc1ccccc1)Cc1ccccc1. The lowest BCUT2D eigenvalue weighted by atomic mass is 10.2. The molecule has 0 N–H and O–H groups in total. The first kappa shape index (κ1) is 15.0. The summed E-state index contributed by atoms with van der Waals surface area (Å²) in [4.78, 5) is 11.4. The van der Waals surface area contributed by atoms with Crippen LogP contribution in [0.4, 0.5) is 0 Å². The van der Waals surface area contributed by atoms with E-state index >= 15 is 0 Å². The fraction of sp³-hybridized carbons (Fsp3) is 0.222. The van der Waals surface area contributed by atoms with E-state index in [1.54, 1.807) is 13.8 Å². The highest BCUT2D eigenvalue weighted by molar-refractivity contribution is 6.37. The summed E-state index contributed by atoms with van der Waals surface area (Å²) >= 11 is 0. The van der Waals surface area contributed by atoms with Crippen molar-refractivity contribution in [3.05, 3.63) is 71.8 Å². The molecule has 0 atom stereocenters. The number of hydrogen-bond acceptors (Lipinski definition) is 3. The average molecular weight is 280 g/mol. The molecule has 0 bridgehead atoms. The number of rotatable bonds is 6. The molecule has 0 radical (unpaired) electrons. The number of hydrogen-bond donors (Lipinski definition) is 0. The summed E-state index contributed by atoms with van der Waals surface area (Å²) in [6, 6.07) is 20.3. The molecule has 0 aliphatic rings. The van der Waals surface area contributed by atoms with Crippen LogP contribution in [0.2, 0.25) is 0 Å². The minimum atomic E-state index is 0.00104. The predicted octanol–water partition coefficient (Wildman–Crippen LogP) is 3.65. The Morgan fingerprint density at radius 2 is 1.29 bits per heavy atom. The minimum Gasteiger partial charge on any atom is -0.293 e. The summed E-state index contributed by atoms with van der Waals surface area (Å²) in [5.74, 6) is 0.00104. The Bertz CT molecular complexity index is 564. The summed E-state index contributed by atoms with van der Waals surface area (Å²) in [5, 5.41) is 6.40. The maximum absolute atomic E-state index is 11.4. The van der Waals surface area contributed by atoms with Crippen LogP contribution in [0.3, 0.4) is 0 Å². The number of ketones is 1. The van der Waals surface area contributed by atoms with Crippen molar-refractivity contribution in [1.29, 1.82) is 0 Å². The zero-order valence-electron chi connectivity index (χ0n) is 12.5. The van der Waals surface area contributed by atoms with Gasteiger partial charge in [0.25, 0.3) is 0 Å². The van der Waals surface area contributed by atoms with E-state index in [0.717, 1.165) is 0 Å². The number of benzene rings is 2. The average Bonchev–Trinajstić information content (AvgIpc) is 2.49. The lowest BCUT2D eigenvalue weighted by Gasteiger charge is -2.20. The van der Waals surface area contributed by atoms with Crippen LogP contribution in [0.5, 0.6) is 0 Å². The van der Waals surface area contributed by atoms with Gasteiger partial charge in [-0.05, 0) is 18.1 Å². The Hall–Kier alpha value is -2.42. The third-order valence-electron chi connectivity index (χ3n) is 3.22. The quantitative estimate of drug-likeness (QED) is 0.597. The van der Waals surface area contributed by atoms with E-state index in [1.165, 1.54) is 11.1 Å². The van der Waals surface area contributed by atoms with Gasteiger partial charge in [-0.1, -0.05) is 60.7 Å². The molecule has 108 valence electrons. The smallest absolute Gasteiger partial charge is 0.175 e. The first-order valence-corrected chi connectivity index (χ1v) is 7.04. The lowest BCUT2D eigenvalue weighted by molar-refractivity contribution is -0.111. The highest BCUT2D eigenvalue weighted by atomic mass is 16.1. The van der Waals surface area contributed by atoms with Crippen molar-refractivity contribution in [3.63, 3.8) is 0 Å². The zero-order valence-corrected chi connectivity index (χ0v) is 12.5. The number of nitrogens with zero attached hydrogens (tertiary/aromatic N) is 2. The van der Waals surface area contributed by atoms with Crippen LogP contribution in [-0.2, 0) is 17.9 Å². The van der Waals surface area contributed by atoms with Gasteiger partial charge in [0.05, 0.1) is 13.1 Å². The van der Waals surface area contributed by atoms with Crippen LogP contribution >= 0.6 is 0 Å². The topological polar surface area (TPSA) is 32.7 Å². The number of Topliss-reactive ketones (excluding diaryl/α,β-unsaturated/α-hetero) is 1. The van der Waals surface area contributed by atoms with Crippen molar-refractivity contribution < 1.29 is 4.79 Å². The van der Waals surface area contributed by atoms with E-state index in [9.17, 15) is 4.79 Å². The van der Waals surface area contributed by atoms with Gasteiger partial charge < -0.3 is 0 Å². The van der Waals surface area contributed by atoms with E-state index in [1.807, 2.05) is 41.4 Å². The Morgan fingerprint density at radius 3 is 1.67 bits per heavy atom. The second kappa shape index (κ2) is 7.39. The van der Waals surface area contributed by atoms with Gasteiger partial charge in [-0.3, -0.25) is 9.80 Å². The molecule has 0 amide bonds. The highest BCUT2D eigenvalue weighted by Gasteiger charge is 2.07. The van der Waals surface area contributed by atoms with Crippen LogP contribution in [0.25, 0.3) is 0 Å². The molecule has 2 aromatic carbocycles. The van der Waals surface area contributed by atoms with E-state index in [2.05, 4.69) is 29.4 Å². The molecule has 21 heavy (non-hydrogen) atoms. The zero-order chi connectivity index (χ0) is 15.1. The third kappa shape index (κ3) is 4.88. The molecular formula is C18H20N2O. The maximum atomic E-state index is 11.4. The Kier molecular flexibility index (Phi) is 5.27. The molecule has 0 saturated carbocycles. The Balaban J connectivity index is 2.18. The van der Waals surface area contributed by atoms with Gasteiger partial charge in [0.2, 0.25) is 0 Å². The fourth-order valence-electron chi connectivity index (χ4n) is 2.00.